The van der Waals surface area contributed by atoms with Crippen LogP contribution in [0.1, 0.15) is 26.2 Å². The van der Waals surface area contributed by atoms with Gasteiger partial charge in [0.05, 0.1) is 6.61 Å². The van der Waals surface area contributed by atoms with Gasteiger partial charge < -0.3 is 10.1 Å². The van der Waals surface area contributed by atoms with Crippen molar-refractivity contribution in [1.29, 1.82) is 0 Å². The number of ether oxygens (including phenoxy) is 1. The van der Waals surface area contributed by atoms with Crippen LogP contribution in [0.2, 0.25) is 0 Å². The molecule has 1 aliphatic rings. The maximum Gasteiger partial charge on any atom is 0.0630 e. The van der Waals surface area contributed by atoms with Crippen LogP contribution in [0, 0.1) is 0 Å². The fourth-order valence-electron chi connectivity index (χ4n) is 2.36. The minimum atomic E-state index is 0.542. The molecule has 0 spiro atoms. The average molecular weight is 200 g/mol. The molecule has 1 aliphatic heterocycles. The van der Waals surface area contributed by atoms with Gasteiger partial charge in [-0.15, -0.1) is 0 Å². The number of nitrogens with one attached hydrogen (secondary N) is 1. The molecule has 3 nitrogen and oxygen atoms in total. The van der Waals surface area contributed by atoms with Crippen LogP contribution in [-0.4, -0.2) is 50.8 Å². The number of piperidine rings is 1. The quantitative estimate of drug-likeness (QED) is 0.719. The maximum atomic E-state index is 5.28. The Morgan fingerprint density at radius 1 is 1.50 bits per heavy atom. The lowest BCUT2D eigenvalue weighted by atomic mass is 10.0. The number of nitrogens with zero attached hydrogens (tertiary/aromatic N) is 1. The summed E-state index contributed by atoms with van der Waals surface area (Å²) in [4.78, 5) is 2.59. The Hall–Kier alpha value is -0.120. The van der Waals surface area contributed by atoms with E-state index in [2.05, 4.69) is 17.1 Å². The summed E-state index contributed by atoms with van der Waals surface area (Å²) in [6, 6.07) is 1.26. The molecule has 2 atom stereocenters. The molecule has 0 aliphatic carbocycles. The summed E-state index contributed by atoms with van der Waals surface area (Å²) in [6.45, 7) is 5.43. The van der Waals surface area contributed by atoms with E-state index in [0.29, 0.717) is 6.04 Å². The van der Waals surface area contributed by atoms with Gasteiger partial charge in [-0.25, -0.2) is 0 Å². The second kappa shape index (κ2) is 6.38. The predicted molar refractivity (Wildman–Crippen MR) is 59.6 cm³/mol. The first-order valence-corrected chi connectivity index (χ1v) is 5.69. The zero-order chi connectivity index (χ0) is 10.4. The van der Waals surface area contributed by atoms with Gasteiger partial charge in [-0.05, 0) is 33.4 Å². The Balaban J connectivity index is 2.46. The monoisotopic (exact) mass is 200 g/mol. The molecule has 3 heteroatoms. The minimum Gasteiger partial charge on any atom is -0.383 e. The number of hydrogen-bond donors (Lipinski definition) is 1. The highest BCUT2D eigenvalue weighted by Gasteiger charge is 2.25. The summed E-state index contributed by atoms with van der Waals surface area (Å²) in [5.74, 6) is 0. The molecule has 2 unspecified atom stereocenters. The molecule has 1 saturated heterocycles. The van der Waals surface area contributed by atoms with Crippen LogP contribution in [0.5, 0.6) is 0 Å². The van der Waals surface area contributed by atoms with Crippen LogP contribution < -0.4 is 5.32 Å². The van der Waals surface area contributed by atoms with E-state index in [4.69, 9.17) is 4.74 Å². The van der Waals surface area contributed by atoms with Gasteiger partial charge in [-0.2, -0.15) is 0 Å². The highest BCUT2D eigenvalue weighted by molar-refractivity contribution is 4.81. The maximum absolute atomic E-state index is 5.28. The highest BCUT2D eigenvalue weighted by Crippen LogP contribution is 2.18. The second-order valence-corrected chi connectivity index (χ2v) is 4.25. The van der Waals surface area contributed by atoms with Gasteiger partial charge >= 0.3 is 0 Å². The largest absolute Gasteiger partial charge is 0.383 e. The molecule has 0 radical (unpaired) electrons. The Morgan fingerprint density at radius 2 is 2.29 bits per heavy atom. The number of likely N-dealkylation sites (tertiary alicyclic amines) is 1. The van der Waals surface area contributed by atoms with Crippen molar-refractivity contribution in [1.82, 2.24) is 10.2 Å². The first-order chi connectivity index (χ1) is 6.79. The molecule has 0 aromatic heterocycles. The van der Waals surface area contributed by atoms with E-state index in [1.54, 1.807) is 7.11 Å². The van der Waals surface area contributed by atoms with Crippen molar-refractivity contribution in [3.05, 3.63) is 0 Å². The smallest absolute Gasteiger partial charge is 0.0630 e. The Morgan fingerprint density at radius 3 is 2.86 bits per heavy atom. The molecule has 0 saturated carbocycles. The molecule has 84 valence electrons. The topological polar surface area (TPSA) is 24.5 Å². The van der Waals surface area contributed by atoms with Crippen molar-refractivity contribution in [3.8, 4) is 0 Å². The molecule has 0 aromatic carbocycles. The van der Waals surface area contributed by atoms with Gasteiger partial charge in [0.2, 0.25) is 0 Å². The molecule has 1 rings (SSSR count). The third-order valence-electron chi connectivity index (χ3n) is 3.12. The molecule has 14 heavy (non-hydrogen) atoms. The van der Waals surface area contributed by atoms with E-state index in [0.717, 1.165) is 19.2 Å². The van der Waals surface area contributed by atoms with Crippen molar-refractivity contribution < 1.29 is 4.74 Å². The van der Waals surface area contributed by atoms with E-state index in [1.165, 1.54) is 25.8 Å². The molecule has 1 N–H and O–H groups in total. The lowest BCUT2D eigenvalue weighted by Gasteiger charge is -2.39. The molecular formula is C11H24N2O. The average Bonchev–Trinajstić information content (AvgIpc) is 2.18. The Kier molecular flexibility index (Phi) is 5.45. The van der Waals surface area contributed by atoms with E-state index in [1.807, 2.05) is 7.05 Å². The normalized spacial score (nSPS) is 26.4. The molecule has 1 heterocycles. The lowest BCUT2D eigenvalue weighted by molar-refractivity contribution is 0.0474. The first kappa shape index (κ1) is 12.0. The highest BCUT2D eigenvalue weighted by atomic mass is 16.5. The Bertz CT molecular complexity index is 146. The van der Waals surface area contributed by atoms with E-state index < -0.39 is 0 Å². The fourth-order valence-corrected chi connectivity index (χ4v) is 2.36. The van der Waals surface area contributed by atoms with Crippen molar-refractivity contribution in [2.24, 2.45) is 0 Å². The van der Waals surface area contributed by atoms with Gasteiger partial charge in [0, 0.05) is 25.7 Å². The standard InChI is InChI=1S/C11H24N2O/c1-10-6-4-5-7-13(10)11(8-12-2)9-14-3/h10-12H,4-9H2,1-3H3. The summed E-state index contributed by atoms with van der Waals surface area (Å²) in [5, 5.41) is 3.25. The summed E-state index contributed by atoms with van der Waals surface area (Å²) in [7, 11) is 3.80. The third-order valence-corrected chi connectivity index (χ3v) is 3.12. The summed E-state index contributed by atoms with van der Waals surface area (Å²) in [6.07, 6.45) is 4.06. The lowest BCUT2D eigenvalue weighted by Crippen LogP contribution is -2.50. The summed E-state index contributed by atoms with van der Waals surface area (Å²) in [5.41, 5.74) is 0. The number of rotatable bonds is 5. The molecule has 1 fully saturated rings. The van der Waals surface area contributed by atoms with Crippen LogP contribution in [0.4, 0.5) is 0 Å². The van der Waals surface area contributed by atoms with Crippen molar-refractivity contribution in [2.75, 3.05) is 33.9 Å². The van der Waals surface area contributed by atoms with Gasteiger partial charge in [0.1, 0.15) is 0 Å². The van der Waals surface area contributed by atoms with E-state index in [9.17, 15) is 0 Å². The van der Waals surface area contributed by atoms with Crippen LogP contribution in [0.15, 0.2) is 0 Å². The van der Waals surface area contributed by atoms with E-state index >= 15 is 0 Å². The number of methoxy groups -OCH3 is 1. The van der Waals surface area contributed by atoms with Gasteiger partial charge in [-0.3, -0.25) is 4.90 Å². The predicted octanol–water partition coefficient (Wildman–Crippen LogP) is 1.10. The fraction of sp³-hybridized carbons (Fsp3) is 1.00. The molecular weight excluding hydrogens is 176 g/mol. The molecule has 0 bridgehead atoms. The summed E-state index contributed by atoms with van der Waals surface area (Å²) < 4.78 is 5.28. The van der Waals surface area contributed by atoms with Crippen LogP contribution >= 0.6 is 0 Å². The SMILES string of the molecule is CNCC(COC)N1CCCCC1C. The first-order valence-electron chi connectivity index (χ1n) is 5.69. The molecule has 0 amide bonds. The number of hydrogen-bond acceptors (Lipinski definition) is 3. The van der Waals surface area contributed by atoms with Crippen molar-refractivity contribution in [3.63, 3.8) is 0 Å². The van der Waals surface area contributed by atoms with Crippen molar-refractivity contribution >= 4 is 0 Å². The van der Waals surface area contributed by atoms with Crippen molar-refractivity contribution in [2.45, 2.75) is 38.3 Å². The van der Waals surface area contributed by atoms with Gasteiger partial charge in [0.15, 0.2) is 0 Å². The minimum absolute atomic E-state index is 0.542. The van der Waals surface area contributed by atoms with Crippen LogP contribution in [-0.2, 0) is 4.74 Å². The number of likely N-dealkylation sites (N-methyl/N-ethyl adjacent to an activating group) is 1. The summed E-state index contributed by atoms with van der Waals surface area (Å²) >= 11 is 0. The second-order valence-electron chi connectivity index (χ2n) is 4.25. The van der Waals surface area contributed by atoms with Crippen LogP contribution in [0.3, 0.4) is 0 Å². The van der Waals surface area contributed by atoms with E-state index in [-0.39, 0.29) is 0 Å². The third kappa shape index (κ3) is 3.23. The zero-order valence-electron chi connectivity index (χ0n) is 9.75. The van der Waals surface area contributed by atoms with Crippen LogP contribution in [0.25, 0.3) is 0 Å². The van der Waals surface area contributed by atoms with Gasteiger partial charge in [-0.1, -0.05) is 6.42 Å². The molecule has 0 aromatic rings. The Labute approximate surface area is 87.8 Å². The van der Waals surface area contributed by atoms with Gasteiger partial charge in [0.25, 0.3) is 0 Å². The zero-order valence-corrected chi connectivity index (χ0v) is 9.75.